The van der Waals surface area contributed by atoms with Crippen LogP contribution in [-0.4, -0.2) is 41.1 Å². The minimum absolute atomic E-state index is 0.0396. The van der Waals surface area contributed by atoms with Crippen LogP contribution in [0.5, 0.6) is 0 Å². The summed E-state index contributed by atoms with van der Waals surface area (Å²) in [4.78, 5) is 24.3. The van der Waals surface area contributed by atoms with E-state index in [1.807, 2.05) is 0 Å². The van der Waals surface area contributed by atoms with Crippen molar-refractivity contribution in [1.29, 1.82) is 0 Å². The molecule has 8 nitrogen and oxygen atoms in total. The first-order chi connectivity index (χ1) is 16.1. The van der Waals surface area contributed by atoms with Crippen LogP contribution in [0.15, 0.2) is 18.3 Å². The van der Waals surface area contributed by atoms with Crippen LogP contribution in [0.4, 0.5) is 28.4 Å². The number of methoxy groups -OCH3 is 2. The van der Waals surface area contributed by atoms with Crippen molar-refractivity contribution >= 4 is 51.4 Å². The Hall–Kier alpha value is -3.52. The molecular weight excluding hydrogens is 500 g/mol. The monoisotopic (exact) mass is 516 g/mol. The number of esters is 2. The van der Waals surface area contributed by atoms with Gasteiger partial charge in [-0.25, -0.2) is 27.2 Å². The number of benzene rings is 1. The molecule has 0 bridgehead atoms. The Morgan fingerprint density at radius 1 is 1.09 bits per heavy atom. The van der Waals surface area contributed by atoms with Crippen LogP contribution in [-0.2, 0) is 16.0 Å². The predicted octanol–water partition coefficient (Wildman–Crippen LogP) is 4.24. The fourth-order valence-corrected chi connectivity index (χ4v) is 4.32. The van der Waals surface area contributed by atoms with Crippen molar-refractivity contribution in [3.8, 4) is 0 Å². The lowest BCUT2D eigenvalue weighted by Crippen LogP contribution is -2.20. The smallest absolute Gasteiger partial charge is 0.348 e. The summed E-state index contributed by atoms with van der Waals surface area (Å²) < 4.78 is 65.1. The molecule has 0 spiro atoms. The van der Waals surface area contributed by atoms with Gasteiger partial charge in [0.25, 0.3) is 0 Å². The minimum Gasteiger partial charge on any atom is -0.465 e. The topological polar surface area (TPSA) is 94.5 Å². The number of anilines is 2. The fraction of sp³-hybridized carbons (Fsp3) is 0.200. The van der Waals surface area contributed by atoms with Gasteiger partial charge in [0.15, 0.2) is 34.2 Å². The van der Waals surface area contributed by atoms with Gasteiger partial charge < -0.3 is 20.1 Å². The van der Waals surface area contributed by atoms with Crippen LogP contribution in [0.25, 0.3) is 0 Å². The van der Waals surface area contributed by atoms with Gasteiger partial charge in [-0.05, 0) is 24.7 Å². The van der Waals surface area contributed by atoms with E-state index in [1.54, 1.807) is 6.92 Å². The zero-order chi connectivity index (χ0) is 25.2. The number of aromatic nitrogens is 2. The van der Waals surface area contributed by atoms with E-state index < -0.39 is 47.3 Å². The Balaban J connectivity index is 1.78. The van der Waals surface area contributed by atoms with E-state index in [9.17, 15) is 27.2 Å². The molecule has 14 heteroatoms. The largest absolute Gasteiger partial charge is 0.465 e. The number of nitrogens with zero attached hydrogens (tertiary/aromatic N) is 2. The number of thiophene rings is 1. The third-order valence-electron chi connectivity index (χ3n) is 4.54. The Morgan fingerprint density at radius 2 is 1.71 bits per heavy atom. The van der Waals surface area contributed by atoms with Gasteiger partial charge >= 0.3 is 11.9 Å². The number of nitrogens with one attached hydrogen (secondary N) is 2. The summed E-state index contributed by atoms with van der Waals surface area (Å²) >= 11 is 6.13. The van der Waals surface area contributed by atoms with Gasteiger partial charge in [-0.15, -0.1) is 11.3 Å². The average Bonchev–Trinajstić information content (AvgIpc) is 3.37. The van der Waals surface area contributed by atoms with Crippen molar-refractivity contribution in [1.82, 2.24) is 9.78 Å². The first kappa shape index (κ1) is 25.1. The molecule has 0 unspecified atom stereocenters. The lowest BCUT2D eigenvalue weighted by molar-refractivity contribution is 0.0601. The number of carbonyl (C=O) groups is 2. The summed E-state index contributed by atoms with van der Waals surface area (Å²) in [6.45, 7) is 0.957. The van der Waals surface area contributed by atoms with Crippen molar-refractivity contribution in [2.45, 2.75) is 13.5 Å². The molecule has 3 aromatic rings. The maximum atomic E-state index is 13.9. The maximum absolute atomic E-state index is 13.9. The van der Waals surface area contributed by atoms with E-state index in [4.69, 9.17) is 21.7 Å². The quantitative estimate of drug-likeness (QED) is 0.218. The van der Waals surface area contributed by atoms with Crippen LogP contribution in [0.3, 0.4) is 0 Å². The highest BCUT2D eigenvalue weighted by Crippen LogP contribution is 2.34. The Labute approximate surface area is 199 Å². The molecule has 0 atom stereocenters. The van der Waals surface area contributed by atoms with E-state index in [0.29, 0.717) is 5.56 Å². The molecule has 0 saturated carbocycles. The third kappa shape index (κ3) is 5.02. The standard InChI is InChI=1S/C20H16F4N4O4S2/c1-8-13(18(29)31-2)17(34-16(8)19(30)32-3)26-20(33)25-12-4-5-28(27-12)7-9-14(23)10(21)6-11(22)15(9)24/h4-6H,7H2,1-3H3,(H2,25,26,27,33). The fourth-order valence-electron chi connectivity index (χ4n) is 2.93. The van der Waals surface area contributed by atoms with E-state index in [0.717, 1.165) is 16.0 Å². The number of ether oxygens (including phenoxy) is 2. The summed E-state index contributed by atoms with van der Waals surface area (Å²) in [7, 11) is 2.38. The van der Waals surface area contributed by atoms with E-state index in [-0.39, 0.29) is 32.4 Å². The number of rotatable bonds is 6. The van der Waals surface area contributed by atoms with Crippen molar-refractivity contribution < 1.29 is 36.6 Å². The first-order valence-corrected chi connectivity index (χ1v) is 10.5. The molecule has 2 N–H and O–H groups in total. The van der Waals surface area contributed by atoms with Gasteiger partial charge in [0.05, 0.1) is 31.9 Å². The van der Waals surface area contributed by atoms with Gasteiger partial charge in [0, 0.05) is 18.3 Å². The summed E-state index contributed by atoms with van der Waals surface area (Å²) in [6, 6.07) is 1.51. The van der Waals surface area contributed by atoms with Crippen LogP contribution < -0.4 is 10.6 Å². The first-order valence-electron chi connectivity index (χ1n) is 9.30. The molecule has 3 rings (SSSR count). The molecule has 34 heavy (non-hydrogen) atoms. The van der Waals surface area contributed by atoms with Gasteiger partial charge in [-0.1, -0.05) is 0 Å². The second-order valence-electron chi connectivity index (χ2n) is 6.67. The maximum Gasteiger partial charge on any atom is 0.348 e. The molecule has 0 saturated heterocycles. The van der Waals surface area contributed by atoms with E-state index in [1.165, 1.54) is 26.5 Å². The van der Waals surface area contributed by atoms with Gasteiger partial charge in [-0.3, -0.25) is 4.68 Å². The van der Waals surface area contributed by atoms with Crippen LogP contribution in [0.2, 0.25) is 0 Å². The average molecular weight is 516 g/mol. The number of hydrogen-bond donors (Lipinski definition) is 2. The zero-order valence-corrected chi connectivity index (χ0v) is 19.4. The third-order valence-corrected chi connectivity index (χ3v) is 5.93. The molecule has 180 valence electrons. The molecule has 2 heterocycles. The Morgan fingerprint density at radius 3 is 2.29 bits per heavy atom. The second-order valence-corrected chi connectivity index (χ2v) is 8.10. The molecule has 0 aliphatic heterocycles. The summed E-state index contributed by atoms with van der Waals surface area (Å²) in [5.41, 5.74) is -0.411. The molecule has 0 fully saturated rings. The lowest BCUT2D eigenvalue weighted by atomic mass is 10.1. The van der Waals surface area contributed by atoms with E-state index in [2.05, 4.69) is 15.7 Å². The summed E-state index contributed by atoms with van der Waals surface area (Å²) in [6.07, 6.45) is 1.30. The lowest BCUT2D eigenvalue weighted by Gasteiger charge is -2.09. The van der Waals surface area contributed by atoms with Crippen molar-refractivity contribution in [2.24, 2.45) is 0 Å². The second kappa shape index (κ2) is 10.2. The van der Waals surface area contributed by atoms with Crippen LogP contribution in [0, 0.1) is 30.2 Å². The summed E-state index contributed by atoms with van der Waals surface area (Å²) in [5.74, 6) is -7.32. The van der Waals surface area contributed by atoms with Crippen LogP contribution in [0.1, 0.15) is 31.2 Å². The van der Waals surface area contributed by atoms with Crippen molar-refractivity contribution in [3.63, 3.8) is 0 Å². The molecule has 0 aliphatic carbocycles. The molecule has 0 amide bonds. The number of hydrogen-bond acceptors (Lipinski definition) is 7. The molecule has 1 aromatic carbocycles. The molecule has 2 aromatic heterocycles. The van der Waals surface area contributed by atoms with Crippen molar-refractivity contribution in [2.75, 3.05) is 24.9 Å². The highest BCUT2D eigenvalue weighted by atomic mass is 32.1. The normalized spacial score (nSPS) is 10.7. The molecular formula is C20H16F4N4O4S2. The zero-order valence-electron chi connectivity index (χ0n) is 17.8. The predicted molar refractivity (Wildman–Crippen MR) is 119 cm³/mol. The summed E-state index contributed by atoms with van der Waals surface area (Å²) in [5, 5.41) is 9.64. The van der Waals surface area contributed by atoms with Gasteiger partial charge in [0.2, 0.25) is 0 Å². The number of carbonyl (C=O) groups excluding carboxylic acids is 2. The number of halogens is 4. The molecule has 0 radical (unpaired) electrons. The van der Waals surface area contributed by atoms with Crippen molar-refractivity contribution in [3.05, 3.63) is 63.2 Å². The van der Waals surface area contributed by atoms with E-state index >= 15 is 0 Å². The number of thiocarbonyl (C=S) groups is 1. The Bertz CT molecular complexity index is 1270. The highest BCUT2D eigenvalue weighted by molar-refractivity contribution is 7.80. The minimum atomic E-state index is -1.52. The Kier molecular flexibility index (Phi) is 7.51. The van der Waals surface area contributed by atoms with Gasteiger partial charge in [-0.2, -0.15) is 5.10 Å². The van der Waals surface area contributed by atoms with Crippen LogP contribution >= 0.6 is 23.6 Å². The SMILES string of the molecule is COC(=O)c1sc(NC(=S)Nc2ccn(Cc3c(F)c(F)cc(F)c3F)n2)c(C(=O)OC)c1C. The highest BCUT2D eigenvalue weighted by Gasteiger charge is 2.26. The van der Waals surface area contributed by atoms with Gasteiger partial charge in [0.1, 0.15) is 9.88 Å². The molecule has 0 aliphatic rings.